The lowest BCUT2D eigenvalue weighted by Gasteiger charge is -2.35. The maximum atomic E-state index is 11.9. The zero-order valence-corrected chi connectivity index (χ0v) is 10.4. The van der Waals surface area contributed by atoms with E-state index in [-0.39, 0.29) is 17.9 Å². The van der Waals surface area contributed by atoms with E-state index in [1.165, 1.54) is 0 Å². The minimum atomic E-state index is -3.14. The van der Waals surface area contributed by atoms with Crippen molar-refractivity contribution >= 4 is 10.0 Å². The van der Waals surface area contributed by atoms with Crippen LogP contribution in [0, 0.1) is 0 Å². The van der Waals surface area contributed by atoms with Gasteiger partial charge in [-0.05, 0) is 20.9 Å². The van der Waals surface area contributed by atoms with Gasteiger partial charge in [-0.2, -0.15) is 4.31 Å². The van der Waals surface area contributed by atoms with E-state index in [1.54, 1.807) is 11.4 Å². The van der Waals surface area contributed by atoms with Crippen molar-refractivity contribution in [2.75, 3.05) is 32.5 Å². The maximum absolute atomic E-state index is 11.9. The zero-order valence-electron chi connectivity index (χ0n) is 9.56. The minimum absolute atomic E-state index is 0.00874. The molecule has 0 aliphatic carbocycles. The molecule has 6 heteroatoms. The van der Waals surface area contributed by atoms with Gasteiger partial charge in [-0.3, -0.25) is 0 Å². The van der Waals surface area contributed by atoms with Crippen molar-refractivity contribution in [2.24, 2.45) is 0 Å². The molecular formula is C9H20N2O3S. The Hall–Kier alpha value is -0.170. The fourth-order valence-corrected chi connectivity index (χ4v) is 3.35. The number of nitrogens with zero attached hydrogens (tertiary/aromatic N) is 1. The first kappa shape index (κ1) is 12.9. The molecule has 0 aromatic heterocycles. The van der Waals surface area contributed by atoms with Gasteiger partial charge in [-0.15, -0.1) is 0 Å². The predicted octanol–water partition coefficient (Wildman–Crippen LogP) is -0.355. The van der Waals surface area contributed by atoms with E-state index in [1.807, 2.05) is 13.8 Å². The molecule has 0 radical (unpaired) electrons. The zero-order chi connectivity index (χ0) is 11.5. The van der Waals surface area contributed by atoms with Crippen molar-refractivity contribution in [3.8, 4) is 0 Å². The second kappa shape index (κ2) is 5.25. The van der Waals surface area contributed by atoms with Crippen molar-refractivity contribution < 1.29 is 13.2 Å². The first-order chi connectivity index (χ1) is 6.97. The quantitative estimate of drug-likeness (QED) is 0.724. The molecule has 90 valence electrons. The maximum Gasteiger partial charge on any atom is 0.215 e. The highest BCUT2D eigenvalue weighted by Gasteiger charge is 2.32. The molecule has 0 bridgehead atoms. The molecule has 1 N–H and O–H groups in total. The van der Waals surface area contributed by atoms with Gasteiger partial charge in [-0.1, -0.05) is 0 Å². The monoisotopic (exact) mass is 236 g/mol. The number of rotatable bonds is 4. The highest BCUT2D eigenvalue weighted by Crippen LogP contribution is 2.15. The summed E-state index contributed by atoms with van der Waals surface area (Å²) in [4.78, 5) is 0. The number of sulfonamides is 1. The molecule has 2 atom stereocenters. The highest BCUT2D eigenvalue weighted by atomic mass is 32.2. The van der Waals surface area contributed by atoms with E-state index in [4.69, 9.17) is 4.74 Å². The molecule has 1 aliphatic rings. The fourth-order valence-electron chi connectivity index (χ4n) is 1.61. The van der Waals surface area contributed by atoms with E-state index in [9.17, 15) is 8.42 Å². The summed E-state index contributed by atoms with van der Waals surface area (Å²) in [6.45, 7) is 5.21. The van der Waals surface area contributed by atoms with Crippen LogP contribution in [0.1, 0.15) is 13.8 Å². The molecule has 0 spiro atoms. The summed E-state index contributed by atoms with van der Waals surface area (Å²) in [5.41, 5.74) is 0. The van der Waals surface area contributed by atoms with Gasteiger partial charge >= 0.3 is 0 Å². The molecule has 5 nitrogen and oxygen atoms in total. The molecule has 15 heavy (non-hydrogen) atoms. The van der Waals surface area contributed by atoms with Crippen LogP contribution in [0.15, 0.2) is 0 Å². The van der Waals surface area contributed by atoms with Crippen LogP contribution in [0.2, 0.25) is 0 Å². The van der Waals surface area contributed by atoms with Crippen LogP contribution in [0.4, 0.5) is 0 Å². The number of ether oxygens (including phenoxy) is 1. The van der Waals surface area contributed by atoms with Gasteiger partial charge in [0.25, 0.3) is 0 Å². The minimum Gasteiger partial charge on any atom is -0.375 e. The molecule has 0 saturated carbocycles. The van der Waals surface area contributed by atoms with E-state index >= 15 is 0 Å². The van der Waals surface area contributed by atoms with E-state index in [0.29, 0.717) is 19.7 Å². The van der Waals surface area contributed by atoms with Gasteiger partial charge in [0.1, 0.15) is 0 Å². The van der Waals surface area contributed by atoms with Crippen LogP contribution in [0.5, 0.6) is 0 Å². The van der Waals surface area contributed by atoms with Gasteiger partial charge in [0, 0.05) is 19.1 Å². The average molecular weight is 236 g/mol. The van der Waals surface area contributed by atoms with Gasteiger partial charge in [-0.25, -0.2) is 8.42 Å². The van der Waals surface area contributed by atoms with Gasteiger partial charge in [0.15, 0.2) is 0 Å². The Morgan fingerprint density at radius 2 is 2.13 bits per heavy atom. The second-order valence-electron chi connectivity index (χ2n) is 3.98. The number of hydrogen-bond acceptors (Lipinski definition) is 4. The molecule has 0 aromatic carbocycles. The highest BCUT2D eigenvalue weighted by molar-refractivity contribution is 7.89. The Bertz CT molecular complexity index is 292. The van der Waals surface area contributed by atoms with Crippen LogP contribution < -0.4 is 5.32 Å². The van der Waals surface area contributed by atoms with Crippen LogP contribution in [0.3, 0.4) is 0 Å². The fraction of sp³-hybridized carbons (Fsp3) is 1.00. The molecule has 1 saturated heterocycles. The Labute approximate surface area is 91.8 Å². The summed E-state index contributed by atoms with van der Waals surface area (Å²) in [6, 6.07) is -0.0527. The topological polar surface area (TPSA) is 58.6 Å². The van der Waals surface area contributed by atoms with Crippen molar-refractivity contribution in [1.29, 1.82) is 0 Å². The lowest BCUT2D eigenvalue weighted by Crippen LogP contribution is -2.51. The number of hydrogen-bond donors (Lipinski definition) is 1. The largest absolute Gasteiger partial charge is 0.375 e. The Morgan fingerprint density at radius 1 is 1.47 bits per heavy atom. The summed E-state index contributed by atoms with van der Waals surface area (Å²) >= 11 is 0. The van der Waals surface area contributed by atoms with Crippen LogP contribution >= 0.6 is 0 Å². The third-order valence-electron chi connectivity index (χ3n) is 2.52. The van der Waals surface area contributed by atoms with Gasteiger partial charge < -0.3 is 10.1 Å². The summed E-state index contributed by atoms with van der Waals surface area (Å²) in [5.74, 6) is 0.153. The standard InChI is InChI=1S/C9H20N2O3S/c1-8-7-14-9(2)6-11(8)15(12,13)5-4-10-3/h8-10H,4-7H2,1-3H3. The molecular weight excluding hydrogens is 216 g/mol. The third kappa shape index (κ3) is 3.41. The number of nitrogens with one attached hydrogen (secondary N) is 1. The predicted molar refractivity (Wildman–Crippen MR) is 59.3 cm³/mol. The molecule has 1 fully saturated rings. The van der Waals surface area contributed by atoms with Crippen molar-refractivity contribution in [1.82, 2.24) is 9.62 Å². The lowest BCUT2D eigenvalue weighted by atomic mass is 10.2. The molecule has 0 amide bonds. The van der Waals surface area contributed by atoms with Gasteiger partial charge in [0.2, 0.25) is 10.0 Å². The van der Waals surface area contributed by atoms with Crippen molar-refractivity contribution in [3.63, 3.8) is 0 Å². The second-order valence-corrected chi connectivity index (χ2v) is 6.02. The van der Waals surface area contributed by atoms with E-state index in [2.05, 4.69) is 5.32 Å². The normalized spacial score (nSPS) is 29.3. The first-order valence-electron chi connectivity index (χ1n) is 5.23. The van der Waals surface area contributed by atoms with Crippen molar-refractivity contribution in [2.45, 2.75) is 26.0 Å². The lowest BCUT2D eigenvalue weighted by molar-refractivity contribution is -0.0170. The van der Waals surface area contributed by atoms with Crippen LogP contribution in [-0.4, -0.2) is 57.4 Å². The molecule has 1 heterocycles. The summed E-state index contributed by atoms with van der Waals surface area (Å²) < 4.78 is 30.8. The summed E-state index contributed by atoms with van der Waals surface area (Å²) in [6.07, 6.45) is -0.00874. The van der Waals surface area contributed by atoms with Crippen LogP contribution in [-0.2, 0) is 14.8 Å². The Kier molecular flexibility index (Phi) is 4.51. The summed E-state index contributed by atoms with van der Waals surface area (Å²) in [5, 5.41) is 2.85. The molecule has 1 aliphatic heterocycles. The summed E-state index contributed by atoms with van der Waals surface area (Å²) in [7, 11) is -1.39. The average Bonchev–Trinajstić information content (AvgIpc) is 2.18. The first-order valence-corrected chi connectivity index (χ1v) is 6.84. The van der Waals surface area contributed by atoms with Crippen molar-refractivity contribution in [3.05, 3.63) is 0 Å². The molecule has 1 rings (SSSR count). The SMILES string of the molecule is CNCCS(=O)(=O)N1CC(C)OCC1C. The van der Waals surface area contributed by atoms with Gasteiger partial charge in [0.05, 0.1) is 18.5 Å². The van der Waals surface area contributed by atoms with E-state index in [0.717, 1.165) is 0 Å². The van der Waals surface area contributed by atoms with E-state index < -0.39 is 10.0 Å². The Balaban J connectivity index is 2.67. The van der Waals surface area contributed by atoms with Crippen LogP contribution in [0.25, 0.3) is 0 Å². The number of morpholine rings is 1. The Morgan fingerprint density at radius 3 is 2.73 bits per heavy atom. The molecule has 0 aromatic rings. The smallest absolute Gasteiger partial charge is 0.215 e. The molecule has 2 unspecified atom stereocenters. The third-order valence-corrected chi connectivity index (χ3v) is 4.46.